The predicted molar refractivity (Wildman–Crippen MR) is 96.2 cm³/mol. The number of benzene rings is 2. The topological polar surface area (TPSA) is 66.5 Å². The summed E-state index contributed by atoms with van der Waals surface area (Å²) in [6.45, 7) is 0.763. The zero-order valence-electron chi connectivity index (χ0n) is 12.9. The second-order valence-electron chi connectivity index (χ2n) is 5.72. The van der Waals surface area contributed by atoms with Gasteiger partial charge in [0.25, 0.3) is 0 Å². The predicted octanol–water partition coefficient (Wildman–Crippen LogP) is 2.78. The Morgan fingerprint density at radius 1 is 1.08 bits per heavy atom. The molecule has 1 aliphatic heterocycles. The summed E-state index contributed by atoms with van der Waals surface area (Å²) in [5.74, 6) is -0.0167. The molecule has 0 radical (unpaired) electrons. The van der Waals surface area contributed by atoms with Gasteiger partial charge in [0.15, 0.2) is 0 Å². The second-order valence-corrected chi connectivity index (χ2v) is 8.40. The van der Waals surface area contributed by atoms with Crippen LogP contribution in [0.15, 0.2) is 64.0 Å². The van der Waals surface area contributed by atoms with E-state index in [1.165, 1.54) is 0 Å². The van der Waals surface area contributed by atoms with Crippen molar-refractivity contribution in [3.05, 3.63) is 59.1 Å². The number of anilines is 1. The van der Waals surface area contributed by atoms with Gasteiger partial charge in [-0.25, -0.2) is 13.1 Å². The van der Waals surface area contributed by atoms with E-state index < -0.39 is 10.0 Å². The van der Waals surface area contributed by atoms with E-state index in [0.29, 0.717) is 13.0 Å². The Kier molecular flexibility index (Phi) is 5.03. The molecule has 7 heteroatoms. The maximum absolute atomic E-state index is 12.3. The Morgan fingerprint density at radius 2 is 1.75 bits per heavy atom. The molecule has 2 aromatic rings. The smallest absolute Gasteiger partial charge is 0.240 e. The molecule has 126 valence electrons. The van der Waals surface area contributed by atoms with Gasteiger partial charge in [-0.2, -0.15) is 0 Å². The molecule has 2 aromatic carbocycles. The number of carbonyl (C=O) groups is 1. The average Bonchev–Trinajstić information content (AvgIpc) is 2.95. The van der Waals surface area contributed by atoms with Gasteiger partial charge in [0.2, 0.25) is 15.9 Å². The minimum absolute atomic E-state index is 0.0223. The molecular formula is C17H17BrN2O3S. The van der Waals surface area contributed by atoms with Crippen LogP contribution in [0.1, 0.15) is 6.42 Å². The SMILES string of the molecule is O=C1C[C@H](CNS(=O)(=O)c2ccc(Br)cc2)CN1c1ccccc1. The van der Waals surface area contributed by atoms with Gasteiger partial charge in [0.05, 0.1) is 4.90 Å². The van der Waals surface area contributed by atoms with Crippen LogP contribution in [0.25, 0.3) is 0 Å². The third-order valence-electron chi connectivity index (χ3n) is 3.96. The molecule has 1 heterocycles. The largest absolute Gasteiger partial charge is 0.312 e. The first-order valence-corrected chi connectivity index (χ1v) is 9.84. The van der Waals surface area contributed by atoms with Crippen LogP contribution in [0.4, 0.5) is 5.69 Å². The number of amides is 1. The van der Waals surface area contributed by atoms with E-state index in [1.807, 2.05) is 30.3 Å². The standard InChI is InChI=1S/C17H17BrN2O3S/c18-14-6-8-16(9-7-14)24(22,23)19-11-13-10-17(21)20(12-13)15-4-2-1-3-5-15/h1-9,13,19H,10-12H2/t13-/m1/s1. The number of para-hydroxylation sites is 1. The molecule has 0 saturated carbocycles. The minimum atomic E-state index is -3.56. The second kappa shape index (κ2) is 7.04. The van der Waals surface area contributed by atoms with Gasteiger partial charge in [-0.15, -0.1) is 0 Å². The average molecular weight is 409 g/mol. The van der Waals surface area contributed by atoms with Crippen LogP contribution >= 0.6 is 15.9 Å². The summed E-state index contributed by atoms with van der Waals surface area (Å²) in [6.07, 6.45) is 0.345. The molecule has 0 aliphatic carbocycles. The van der Waals surface area contributed by atoms with Crippen molar-refractivity contribution in [3.8, 4) is 0 Å². The van der Waals surface area contributed by atoms with Crippen molar-refractivity contribution >= 4 is 37.5 Å². The molecule has 1 N–H and O–H groups in total. The third kappa shape index (κ3) is 3.85. The van der Waals surface area contributed by atoms with Crippen molar-refractivity contribution in [2.45, 2.75) is 11.3 Å². The zero-order valence-corrected chi connectivity index (χ0v) is 15.3. The van der Waals surface area contributed by atoms with Crippen molar-refractivity contribution in [3.63, 3.8) is 0 Å². The lowest BCUT2D eigenvalue weighted by Crippen LogP contribution is -2.31. The Balaban J connectivity index is 1.63. The van der Waals surface area contributed by atoms with Crippen molar-refractivity contribution in [1.82, 2.24) is 4.72 Å². The van der Waals surface area contributed by atoms with Gasteiger partial charge in [-0.3, -0.25) is 4.79 Å². The molecule has 1 saturated heterocycles. The molecule has 24 heavy (non-hydrogen) atoms. The fourth-order valence-corrected chi connectivity index (χ4v) is 4.08. The van der Waals surface area contributed by atoms with Gasteiger partial charge in [0.1, 0.15) is 0 Å². The maximum atomic E-state index is 12.3. The van der Waals surface area contributed by atoms with Gasteiger partial charge >= 0.3 is 0 Å². The molecule has 0 aromatic heterocycles. The molecule has 1 aliphatic rings. The highest BCUT2D eigenvalue weighted by molar-refractivity contribution is 9.10. The summed E-state index contributed by atoms with van der Waals surface area (Å²) in [7, 11) is -3.56. The lowest BCUT2D eigenvalue weighted by Gasteiger charge is -2.17. The fraction of sp³-hybridized carbons (Fsp3) is 0.235. The van der Waals surface area contributed by atoms with Crippen molar-refractivity contribution < 1.29 is 13.2 Å². The number of halogens is 1. The van der Waals surface area contributed by atoms with Gasteiger partial charge in [0, 0.05) is 29.7 Å². The third-order valence-corrected chi connectivity index (χ3v) is 5.93. The normalized spacial score (nSPS) is 18.1. The molecule has 1 atom stereocenters. The highest BCUT2D eigenvalue weighted by Crippen LogP contribution is 2.24. The molecule has 3 rings (SSSR count). The first kappa shape index (κ1) is 17.1. The first-order chi connectivity index (χ1) is 11.5. The summed E-state index contributed by atoms with van der Waals surface area (Å²) in [5, 5.41) is 0. The van der Waals surface area contributed by atoms with E-state index in [-0.39, 0.29) is 23.3 Å². The minimum Gasteiger partial charge on any atom is -0.312 e. The van der Waals surface area contributed by atoms with Crippen LogP contribution in [0, 0.1) is 5.92 Å². The lowest BCUT2D eigenvalue weighted by molar-refractivity contribution is -0.117. The molecule has 1 amide bonds. The summed E-state index contributed by atoms with van der Waals surface area (Å²) in [6, 6.07) is 15.9. The van der Waals surface area contributed by atoms with E-state index in [1.54, 1.807) is 29.2 Å². The number of nitrogens with zero attached hydrogens (tertiary/aromatic N) is 1. The highest BCUT2D eigenvalue weighted by Gasteiger charge is 2.31. The van der Waals surface area contributed by atoms with Crippen LogP contribution in [0.3, 0.4) is 0 Å². The summed E-state index contributed by atoms with van der Waals surface area (Å²) >= 11 is 3.28. The van der Waals surface area contributed by atoms with Gasteiger partial charge in [-0.05, 0) is 42.3 Å². The van der Waals surface area contributed by atoms with Gasteiger partial charge in [-0.1, -0.05) is 34.1 Å². The Hall–Kier alpha value is -1.70. The van der Waals surface area contributed by atoms with Crippen LogP contribution in [0.5, 0.6) is 0 Å². The van der Waals surface area contributed by atoms with Crippen LogP contribution in [-0.4, -0.2) is 27.4 Å². The van der Waals surface area contributed by atoms with E-state index in [4.69, 9.17) is 0 Å². The van der Waals surface area contributed by atoms with Gasteiger partial charge < -0.3 is 4.90 Å². The number of sulfonamides is 1. The lowest BCUT2D eigenvalue weighted by atomic mass is 10.1. The molecule has 5 nitrogen and oxygen atoms in total. The van der Waals surface area contributed by atoms with Crippen LogP contribution in [0.2, 0.25) is 0 Å². The number of hydrogen-bond acceptors (Lipinski definition) is 3. The molecule has 0 bridgehead atoms. The summed E-state index contributed by atoms with van der Waals surface area (Å²) in [5.41, 5.74) is 0.848. The molecule has 0 spiro atoms. The van der Waals surface area contributed by atoms with E-state index in [0.717, 1.165) is 10.2 Å². The Labute approximate surface area is 149 Å². The van der Waals surface area contributed by atoms with E-state index in [9.17, 15) is 13.2 Å². The van der Waals surface area contributed by atoms with Crippen LogP contribution < -0.4 is 9.62 Å². The number of carbonyl (C=O) groups excluding carboxylic acids is 1. The monoisotopic (exact) mass is 408 g/mol. The fourth-order valence-electron chi connectivity index (χ4n) is 2.70. The molecular weight excluding hydrogens is 392 g/mol. The zero-order chi connectivity index (χ0) is 17.2. The number of hydrogen-bond donors (Lipinski definition) is 1. The van der Waals surface area contributed by atoms with Crippen molar-refractivity contribution in [2.75, 3.05) is 18.0 Å². The quantitative estimate of drug-likeness (QED) is 0.826. The number of rotatable bonds is 5. The van der Waals surface area contributed by atoms with Crippen LogP contribution in [-0.2, 0) is 14.8 Å². The molecule has 1 fully saturated rings. The Morgan fingerprint density at radius 3 is 2.42 bits per heavy atom. The van der Waals surface area contributed by atoms with Crippen molar-refractivity contribution in [2.24, 2.45) is 5.92 Å². The van der Waals surface area contributed by atoms with E-state index >= 15 is 0 Å². The maximum Gasteiger partial charge on any atom is 0.240 e. The van der Waals surface area contributed by atoms with E-state index in [2.05, 4.69) is 20.7 Å². The Bertz CT molecular complexity index is 823. The molecule has 0 unspecified atom stereocenters. The highest BCUT2D eigenvalue weighted by atomic mass is 79.9. The first-order valence-electron chi connectivity index (χ1n) is 7.56. The summed E-state index contributed by atoms with van der Waals surface area (Å²) < 4.78 is 28.0. The number of nitrogens with one attached hydrogen (secondary N) is 1. The summed E-state index contributed by atoms with van der Waals surface area (Å²) in [4.78, 5) is 14.1. The van der Waals surface area contributed by atoms with Crippen molar-refractivity contribution in [1.29, 1.82) is 0 Å².